The number of halogens is 3. The zero-order chi connectivity index (χ0) is 19.9. The van der Waals surface area contributed by atoms with Gasteiger partial charge in [0.15, 0.2) is 6.61 Å². The number of carbonyl (C=O) groups is 1. The number of fused-ring (bicyclic) bond motifs is 4. The van der Waals surface area contributed by atoms with Crippen LogP contribution in [-0.2, 0) is 16.0 Å². The van der Waals surface area contributed by atoms with Gasteiger partial charge >= 0.3 is 12.1 Å². The number of hydrogen-bond acceptors (Lipinski definition) is 3. The van der Waals surface area contributed by atoms with Gasteiger partial charge < -0.3 is 9.47 Å². The lowest BCUT2D eigenvalue weighted by atomic mass is 9.61. The number of ether oxygens (including phenoxy) is 2. The second-order valence-electron chi connectivity index (χ2n) is 8.51. The Morgan fingerprint density at radius 3 is 2.50 bits per heavy atom. The van der Waals surface area contributed by atoms with Gasteiger partial charge in [-0.2, -0.15) is 13.2 Å². The first-order valence-electron chi connectivity index (χ1n) is 9.96. The molecule has 0 N–H and O–H groups in total. The summed E-state index contributed by atoms with van der Waals surface area (Å²) in [5, 5.41) is 0. The SMILES string of the molecule is Cc1c(OCC(F)(F)F)ccc2c1C(C(=O)OCC13CCC(CC1)CC3)=CC2. The summed E-state index contributed by atoms with van der Waals surface area (Å²) in [7, 11) is 0. The summed E-state index contributed by atoms with van der Waals surface area (Å²) in [4.78, 5) is 12.8. The molecule has 0 atom stereocenters. The Balaban J connectivity index is 1.46. The van der Waals surface area contributed by atoms with Crippen molar-refractivity contribution >= 4 is 11.5 Å². The fraction of sp³-hybridized carbons (Fsp3) is 0.591. The van der Waals surface area contributed by atoms with E-state index in [-0.39, 0.29) is 17.1 Å². The molecule has 0 unspecified atom stereocenters. The van der Waals surface area contributed by atoms with E-state index in [0.29, 0.717) is 29.7 Å². The predicted octanol–water partition coefficient (Wildman–Crippen LogP) is 5.39. The fourth-order valence-corrected chi connectivity index (χ4v) is 4.96. The third-order valence-corrected chi connectivity index (χ3v) is 6.67. The standard InChI is InChI=1S/C22H25F3O3/c1-14-18(27-13-22(23,24)25)5-3-16-2-4-17(19(14)16)20(26)28-12-21-9-6-15(7-10-21)8-11-21/h3-5,15H,2,6-13H2,1H3. The molecule has 0 radical (unpaired) electrons. The van der Waals surface area contributed by atoms with Crippen LogP contribution in [0.15, 0.2) is 18.2 Å². The van der Waals surface area contributed by atoms with E-state index in [1.165, 1.54) is 19.3 Å². The van der Waals surface area contributed by atoms with E-state index >= 15 is 0 Å². The summed E-state index contributed by atoms with van der Waals surface area (Å²) >= 11 is 0. The first kappa shape index (κ1) is 19.3. The highest BCUT2D eigenvalue weighted by Crippen LogP contribution is 2.50. The molecular formula is C22H25F3O3. The zero-order valence-corrected chi connectivity index (χ0v) is 16.0. The molecule has 5 rings (SSSR count). The molecule has 4 aliphatic carbocycles. The first-order valence-corrected chi connectivity index (χ1v) is 9.96. The van der Waals surface area contributed by atoms with E-state index < -0.39 is 12.8 Å². The smallest absolute Gasteiger partial charge is 0.422 e. The number of rotatable bonds is 5. The van der Waals surface area contributed by atoms with Gasteiger partial charge in [-0.3, -0.25) is 0 Å². The summed E-state index contributed by atoms with van der Waals surface area (Å²) < 4.78 is 48.1. The van der Waals surface area contributed by atoms with Gasteiger partial charge in [-0.05, 0) is 80.5 Å². The Labute approximate surface area is 162 Å². The topological polar surface area (TPSA) is 35.5 Å². The Morgan fingerprint density at radius 1 is 1.18 bits per heavy atom. The molecule has 2 bridgehead atoms. The molecular weight excluding hydrogens is 369 g/mol. The summed E-state index contributed by atoms with van der Waals surface area (Å²) in [6.07, 6.45) is 5.02. The lowest BCUT2D eigenvalue weighted by molar-refractivity contribution is -0.153. The van der Waals surface area contributed by atoms with E-state index in [1.807, 2.05) is 6.08 Å². The van der Waals surface area contributed by atoms with E-state index in [2.05, 4.69) is 0 Å². The van der Waals surface area contributed by atoms with Crippen LogP contribution in [0.3, 0.4) is 0 Å². The van der Waals surface area contributed by atoms with Gasteiger partial charge in [-0.1, -0.05) is 12.1 Å². The average Bonchev–Trinajstić information content (AvgIpc) is 3.11. The monoisotopic (exact) mass is 394 g/mol. The average molecular weight is 394 g/mol. The highest BCUT2D eigenvalue weighted by Gasteiger charge is 2.41. The second-order valence-corrected chi connectivity index (χ2v) is 8.51. The molecule has 0 aliphatic heterocycles. The van der Waals surface area contributed by atoms with Crippen molar-refractivity contribution in [1.29, 1.82) is 0 Å². The van der Waals surface area contributed by atoms with Gasteiger partial charge in [0.1, 0.15) is 5.75 Å². The van der Waals surface area contributed by atoms with Gasteiger partial charge in [0, 0.05) is 5.41 Å². The molecule has 152 valence electrons. The van der Waals surface area contributed by atoms with Crippen LogP contribution in [0.25, 0.3) is 5.57 Å². The number of carbonyl (C=O) groups excluding carboxylic acids is 1. The first-order chi connectivity index (χ1) is 13.3. The minimum Gasteiger partial charge on any atom is -0.484 e. The Bertz CT molecular complexity index is 788. The highest BCUT2D eigenvalue weighted by molar-refractivity contribution is 6.18. The summed E-state index contributed by atoms with van der Waals surface area (Å²) in [6.45, 7) is 0.784. The van der Waals surface area contributed by atoms with Crippen molar-refractivity contribution in [1.82, 2.24) is 0 Å². The Morgan fingerprint density at radius 2 is 1.86 bits per heavy atom. The van der Waals surface area contributed by atoms with Crippen LogP contribution < -0.4 is 4.74 Å². The summed E-state index contributed by atoms with van der Waals surface area (Å²) in [5.74, 6) is 0.623. The van der Waals surface area contributed by atoms with Gasteiger partial charge in [0.05, 0.1) is 12.2 Å². The molecule has 0 spiro atoms. The van der Waals surface area contributed by atoms with Gasteiger partial charge in [-0.15, -0.1) is 0 Å². The van der Waals surface area contributed by atoms with Crippen LogP contribution in [0, 0.1) is 18.3 Å². The lowest BCUT2D eigenvalue weighted by Gasteiger charge is -2.46. The minimum atomic E-state index is -4.40. The van der Waals surface area contributed by atoms with E-state index in [9.17, 15) is 18.0 Å². The van der Waals surface area contributed by atoms with Crippen molar-refractivity contribution in [2.45, 2.75) is 58.0 Å². The molecule has 0 heterocycles. The number of allylic oxidation sites excluding steroid dienone is 1. The molecule has 28 heavy (non-hydrogen) atoms. The second kappa shape index (κ2) is 7.12. The quantitative estimate of drug-likeness (QED) is 0.628. The van der Waals surface area contributed by atoms with Crippen LogP contribution >= 0.6 is 0 Å². The van der Waals surface area contributed by atoms with Gasteiger partial charge in [-0.25, -0.2) is 4.79 Å². The van der Waals surface area contributed by atoms with E-state index in [4.69, 9.17) is 9.47 Å². The molecule has 3 nitrogen and oxygen atoms in total. The minimum absolute atomic E-state index is 0.124. The lowest BCUT2D eigenvalue weighted by Crippen LogP contribution is -2.38. The number of hydrogen-bond donors (Lipinski definition) is 0. The van der Waals surface area contributed by atoms with Crippen molar-refractivity contribution < 1.29 is 27.4 Å². The highest BCUT2D eigenvalue weighted by atomic mass is 19.4. The molecule has 1 aromatic rings. The van der Waals surface area contributed by atoms with Crippen LogP contribution in [0.5, 0.6) is 5.75 Å². The maximum absolute atomic E-state index is 12.8. The zero-order valence-electron chi connectivity index (χ0n) is 16.0. The third-order valence-electron chi connectivity index (χ3n) is 6.67. The number of esters is 1. The molecule has 0 saturated heterocycles. The predicted molar refractivity (Wildman–Crippen MR) is 99.0 cm³/mol. The van der Waals surface area contributed by atoms with Crippen molar-refractivity contribution in [3.8, 4) is 5.75 Å². The van der Waals surface area contributed by atoms with Crippen LogP contribution in [0.4, 0.5) is 13.2 Å². The van der Waals surface area contributed by atoms with E-state index in [1.54, 1.807) is 19.1 Å². The molecule has 3 fully saturated rings. The molecule has 4 aliphatic rings. The Kier molecular flexibility index (Phi) is 4.92. The molecule has 1 aromatic carbocycles. The molecule has 0 aromatic heterocycles. The van der Waals surface area contributed by atoms with Crippen LogP contribution in [0.1, 0.15) is 55.2 Å². The normalized spacial score (nSPS) is 26.0. The van der Waals surface area contributed by atoms with Crippen LogP contribution in [-0.4, -0.2) is 25.4 Å². The summed E-state index contributed by atoms with van der Waals surface area (Å²) in [6, 6.07) is 3.27. The molecule has 6 heteroatoms. The van der Waals surface area contributed by atoms with Gasteiger partial charge in [0.25, 0.3) is 0 Å². The summed E-state index contributed by atoms with van der Waals surface area (Å²) in [5.41, 5.74) is 2.71. The maximum atomic E-state index is 12.8. The third kappa shape index (κ3) is 3.78. The molecule has 3 saturated carbocycles. The van der Waals surface area contributed by atoms with Crippen molar-refractivity contribution in [3.63, 3.8) is 0 Å². The van der Waals surface area contributed by atoms with Crippen LogP contribution in [0.2, 0.25) is 0 Å². The number of benzene rings is 1. The van der Waals surface area contributed by atoms with Crippen molar-refractivity contribution in [3.05, 3.63) is 34.9 Å². The maximum Gasteiger partial charge on any atom is 0.422 e. The van der Waals surface area contributed by atoms with Crippen molar-refractivity contribution in [2.75, 3.05) is 13.2 Å². The number of alkyl halides is 3. The van der Waals surface area contributed by atoms with E-state index in [0.717, 1.165) is 30.7 Å². The molecule has 0 amide bonds. The largest absolute Gasteiger partial charge is 0.484 e. The van der Waals surface area contributed by atoms with Crippen molar-refractivity contribution in [2.24, 2.45) is 11.3 Å². The Hall–Kier alpha value is -1.98. The fourth-order valence-electron chi connectivity index (χ4n) is 4.96. The van der Waals surface area contributed by atoms with Gasteiger partial charge in [0.2, 0.25) is 0 Å².